The van der Waals surface area contributed by atoms with Crippen molar-refractivity contribution in [3.8, 4) is 0 Å². The maximum atomic E-state index is 12.9. The summed E-state index contributed by atoms with van der Waals surface area (Å²) in [4.78, 5) is 71.9. The number of unbranched alkanes of at least 4 members (excludes halogenated alkanes) is 22. The molecule has 0 aliphatic carbocycles. The lowest BCUT2D eigenvalue weighted by atomic mass is 10.00. The van der Waals surface area contributed by atoms with Gasteiger partial charge in [0.1, 0.15) is 19.3 Å². The van der Waals surface area contributed by atoms with E-state index in [2.05, 4.69) is 55.4 Å². The Labute approximate surface area is 479 Å². The predicted molar refractivity (Wildman–Crippen MR) is 312 cm³/mol. The van der Waals surface area contributed by atoms with E-state index in [9.17, 15) is 43.2 Å². The zero-order valence-corrected chi connectivity index (χ0v) is 52.8. The number of aliphatic hydroxyl groups is 1. The van der Waals surface area contributed by atoms with Crippen LogP contribution in [0.4, 0.5) is 0 Å². The summed E-state index contributed by atoms with van der Waals surface area (Å²) in [5.41, 5.74) is 0. The molecule has 6 atom stereocenters. The third-order valence-corrected chi connectivity index (χ3v) is 15.8. The molecule has 0 bridgehead atoms. The Balaban J connectivity index is 5.24. The lowest BCUT2D eigenvalue weighted by molar-refractivity contribution is -0.161. The molecule has 468 valence electrons. The third kappa shape index (κ3) is 53.8. The number of aliphatic hydroxyl groups excluding tert-OH is 1. The van der Waals surface area contributed by atoms with Crippen LogP contribution in [0.15, 0.2) is 0 Å². The van der Waals surface area contributed by atoms with Gasteiger partial charge in [0.25, 0.3) is 0 Å². The molecule has 0 rings (SSSR count). The van der Waals surface area contributed by atoms with Crippen molar-refractivity contribution < 1.29 is 80.2 Å². The first kappa shape index (κ1) is 77.1. The average molecular weight is 1170 g/mol. The van der Waals surface area contributed by atoms with Gasteiger partial charge in [-0.2, -0.15) is 0 Å². The fourth-order valence-electron chi connectivity index (χ4n) is 8.69. The molecular formula is C60H116O17P2. The molecule has 0 aromatic carbocycles. The highest BCUT2D eigenvalue weighted by atomic mass is 31.2. The van der Waals surface area contributed by atoms with E-state index in [1.54, 1.807) is 0 Å². The lowest BCUT2D eigenvalue weighted by Gasteiger charge is -2.21. The minimum Gasteiger partial charge on any atom is -0.462 e. The number of carbonyl (C=O) groups is 4. The number of carbonyl (C=O) groups excluding carboxylic acids is 4. The molecule has 0 aromatic rings. The quantitative estimate of drug-likeness (QED) is 0.0222. The van der Waals surface area contributed by atoms with Crippen molar-refractivity contribution in [1.29, 1.82) is 0 Å². The fourth-order valence-corrected chi connectivity index (χ4v) is 10.3. The topological polar surface area (TPSA) is 237 Å². The van der Waals surface area contributed by atoms with Crippen LogP contribution >= 0.6 is 15.6 Å². The van der Waals surface area contributed by atoms with Gasteiger partial charge in [0.2, 0.25) is 0 Å². The number of esters is 4. The molecule has 0 aliphatic rings. The summed E-state index contributed by atoms with van der Waals surface area (Å²) in [5.74, 6) is 0.643. The van der Waals surface area contributed by atoms with Crippen molar-refractivity contribution in [3.63, 3.8) is 0 Å². The largest absolute Gasteiger partial charge is 0.472 e. The van der Waals surface area contributed by atoms with E-state index >= 15 is 0 Å². The first-order chi connectivity index (χ1) is 37.6. The van der Waals surface area contributed by atoms with Gasteiger partial charge in [-0.1, -0.05) is 229 Å². The SMILES string of the molecule is CCC(C)CCCCCCCCC(=O)O[C@H](COC(=O)CCCCCCCCC(C)C)COP(=O)(O)OC[C@H](O)COP(=O)(O)OC[C@@H](COC(=O)CCCCCCCCCCC(C)C)OC(=O)CCCCCCCCC(C)C. The third-order valence-electron chi connectivity index (χ3n) is 13.9. The summed E-state index contributed by atoms with van der Waals surface area (Å²) in [5, 5.41) is 10.5. The molecule has 0 amide bonds. The van der Waals surface area contributed by atoms with Crippen LogP contribution < -0.4 is 0 Å². The molecule has 17 nitrogen and oxygen atoms in total. The standard InChI is InChI=1S/C60H116O17P2/c1-9-53(8)39-31-23-16-19-27-35-43-60(65)77-56(47-71-58(63)41-33-25-17-14-21-29-37-51(4)5)49-75-79(68,69)73-45-54(61)44-72-78(66,67)74-48-55(76-59(64)42-34-26-18-15-22-30-38-52(6)7)46-70-57(62)40-32-24-13-11-10-12-20-28-36-50(2)3/h50-56,61H,9-49H2,1-8H3,(H,66,67)(H,68,69)/t53?,54-,55-,56-/m1/s1. The molecule has 0 aliphatic heterocycles. The number of phosphoric ester groups is 2. The molecule has 0 radical (unpaired) electrons. The smallest absolute Gasteiger partial charge is 0.462 e. The van der Waals surface area contributed by atoms with Crippen LogP contribution in [0.25, 0.3) is 0 Å². The maximum absolute atomic E-state index is 12.9. The van der Waals surface area contributed by atoms with Crippen molar-refractivity contribution in [2.75, 3.05) is 39.6 Å². The summed E-state index contributed by atoms with van der Waals surface area (Å²) in [6, 6.07) is 0. The zero-order chi connectivity index (χ0) is 59.0. The summed E-state index contributed by atoms with van der Waals surface area (Å²) >= 11 is 0. The molecule has 19 heteroatoms. The average Bonchev–Trinajstić information content (AvgIpc) is 3.39. The normalized spacial score (nSPS) is 14.9. The Kier molecular flexibility index (Phi) is 49.3. The van der Waals surface area contributed by atoms with Gasteiger partial charge in [-0.15, -0.1) is 0 Å². The van der Waals surface area contributed by atoms with E-state index < -0.39 is 97.5 Å². The van der Waals surface area contributed by atoms with Crippen molar-refractivity contribution in [3.05, 3.63) is 0 Å². The zero-order valence-electron chi connectivity index (χ0n) is 51.0. The molecule has 3 unspecified atom stereocenters. The van der Waals surface area contributed by atoms with Gasteiger partial charge in [-0.05, 0) is 49.4 Å². The number of ether oxygens (including phenoxy) is 4. The van der Waals surface area contributed by atoms with Gasteiger partial charge >= 0.3 is 39.5 Å². The van der Waals surface area contributed by atoms with Gasteiger partial charge in [-0.3, -0.25) is 37.3 Å². The van der Waals surface area contributed by atoms with Crippen LogP contribution in [0.5, 0.6) is 0 Å². The fraction of sp³-hybridized carbons (Fsp3) is 0.933. The van der Waals surface area contributed by atoms with Crippen molar-refractivity contribution >= 4 is 39.5 Å². The van der Waals surface area contributed by atoms with Crippen LogP contribution in [0, 0.1) is 23.7 Å². The Morgan fingerprint density at radius 3 is 0.899 bits per heavy atom. The Morgan fingerprint density at radius 2 is 0.608 bits per heavy atom. The highest BCUT2D eigenvalue weighted by Crippen LogP contribution is 2.45. The Bertz CT molecular complexity index is 1600. The summed E-state index contributed by atoms with van der Waals surface area (Å²) in [6.45, 7) is 13.8. The van der Waals surface area contributed by atoms with E-state index in [4.69, 9.17) is 37.0 Å². The molecule has 0 fully saturated rings. The van der Waals surface area contributed by atoms with Crippen LogP contribution in [-0.2, 0) is 65.4 Å². The second-order valence-corrected chi connectivity index (χ2v) is 26.3. The van der Waals surface area contributed by atoms with Crippen LogP contribution in [-0.4, -0.2) is 96.7 Å². The first-order valence-electron chi connectivity index (χ1n) is 31.2. The molecule has 0 saturated heterocycles. The number of hydrogen-bond donors (Lipinski definition) is 3. The first-order valence-corrected chi connectivity index (χ1v) is 34.2. The van der Waals surface area contributed by atoms with Crippen LogP contribution in [0.2, 0.25) is 0 Å². The van der Waals surface area contributed by atoms with Gasteiger partial charge in [0, 0.05) is 25.7 Å². The van der Waals surface area contributed by atoms with Crippen LogP contribution in [0.3, 0.4) is 0 Å². The van der Waals surface area contributed by atoms with Crippen molar-refractivity contribution in [2.45, 2.75) is 298 Å². The minimum absolute atomic E-state index is 0.101. The minimum atomic E-state index is -4.94. The van der Waals surface area contributed by atoms with E-state index in [0.29, 0.717) is 37.5 Å². The Morgan fingerprint density at radius 1 is 0.354 bits per heavy atom. The predicted octanol–water partition coefficient (Wildman–Crippen LogP) is 15.8. The molecule has 79 heavy (non-hydrogen) atoms. The molecule has 0 aromatic heterocycles. The molecule has 0 heterocycles. The maximum Gasteiger partial charge on any atom is 0.472 e. The number of hydrogen-bond acceptors (Lipinski definition) is 15. The Hall–Kier alpha value is -1.94. The summed E-state index contributed by atoms with van der Waals surface area (Å²) in [7, 11) is -9.88. The van der Waals surface area contributed by atoms with Gasteiger partial charge in [0.05, 0.1) is 26.4 Å². The number of rotatable bonds is 57. The van der Waals surface area contributed by atoms with E-state index in [1.807, 2.05) is 0 Å². The second-order valence-electron chi connectivity index (χ2n) is 23.4. The monoisotopic (exact) mass is 1170 g/mol. The second kappa shape index (κ2) is 50.6. The number of phosphoric acid groups is 2. The lowest BCUT2D eigenvalue weighted by Crippen LogP contribution is -2.30. The van der Waals surface area contributed by atoms with Gasteiger partial charge < -0.3 is 33.8 Å². The van der Waals surface area contributed by atoms with Gasteiger partial charge in [-0.25, -0.2) is 9.13 Å². The van der Waals surface area contributed by atoms with Crippen molar-refractivity contribution in [1.82, 2.24) is 0 Å². The van der Waals surface area contributed by atoms with E-state index in [0.717, 1.165) is 108 Å². The van der Waals surface area contributed by atoms with Crippen molar-refractivity contribution in [2.24, 2.45) is 23.7 Å². The summed E-state index contributed by atoms with van der Waals surface area (Å²) < 4.78 is 67.7. The van der Waals surface area contributed by atoms with Gasteiger partial charge in [0.15, 0.2) is 12.2 Å². The molecule has 0 saturated carbocycles. The summed E-state index contributed by atoms with van der Waals surface area (Å²) in [6.07, 6.45) is 28.4. The highest BCUT2D eigenvalue weighted by Gasteiger charge is 2.30. The highest BCUT2D eigenvalue weighted by molar-refractivity contribution is 7.47. The molecular weight excluding hydrogens is 1050 g/mol. The van der Waals surface area contributed by atoms with E-state index in [-0.39, 0.29) is 25.7 Å². The molecule has 3 N–H and O–H groups in total. The van der Waals surface area contributed by atoms with E-state index in [1.165, 1.54) is 77.0 Å². The molecule has 0 spiro atoms. The van der Waals surface area contributed by atoms with Crippen LogP contribution in [0.1, 0.15) is 280 Å².